The second-order valence-electron chi connectivity index (χ2n) is 5.94. The fourth-order valence-electron chi connectivity index (χ4n) is 1.93. The predicted molar refractivity (Wildman–Crippen MR) is 80.2 cm³/mol. The minimum absolute atomic E-state index is 0.0850. The van der Waals surface area contributed by atoms with Crippen LogP contribution in [0.5, 0.6) is 0 Å². The highest BCUT2D eigenvalue weighted by molar-refractivity contribution is 7.45. The lowest BCUT2D eigenvalue weighted by atomic mass is 9.98. The molecule has 6 heteroatoms. The molecular weight excluding hydrogens is 312 g/mol. The van der Waals surface area contributed by atoms with Crippen molar-refractivity contribution in [3.63, 3.8) is 0 Å². The zero-order valence-electron chi connectivity index (χ0n) is 12.0. The Kier molecular flexibility index (Phi) is 9.05. The molecule has 0 aliphatic rings. The van der Waals surface area contributed by atoms with E-state index in [9.17, 15) is 13.2 Å². The number of alkyl halides is 3. The van der Waals surface area contributed by atoms with Gasteiger partial charge in [0.25, 0.3) is 6.69 Å². The van der Waals surface area contributed by atoms with Crippen LogP contribution in [0.2, 0.25) is 12.1 Å². The average Bonchev–Trinajstić information content (AvgIpc) is 2.23. The first-order chi connectivity index (χ1) is 8.52. The van der Waals surface area contributed by atoms with Gasteiger partial charge in [0.1, 0.15) is 0 Å². The Morgan fingerprint density at radius 1 is 0.947 bits per heavy atom. The Morgan fingerprint density at radius 3 is 2.00 bits per heavy atom. The van der Waals surface area contributed by atoms with Gasteiger partial charge in [0.2, 0.25) is 0 Å². The van der Waals surface area contributed by atoms with Crippen LogP contribution in [0.15, 0.2) is 0 Å². The van der Waals surface area contributed by atoms with Crippen LogP contribution < -0.4 is 0 Å². The summed E-state index contributed by atoms with van der Waals surface area (Å²) >= 11 is 12.2. The van der Waals surface area contributed by atoms with Gasteiger partial charge in [0.05, 0.1) is 0 Å². The Bertz CT molecular complexity index is 243. The van der Waals surface area contributed by atoms with Gasteiger partial charge in [-0.2, -0.15) is 13.2 Å². The van der Waals surface area contributed by atoms with Crippen molar-refractivity contribution in [3.05, 3.63) is 0 Å². The molecule has 0 saturated carbocycles. The van der Waals surface area contributed by atoms with E-state index in [0.29, 0.717) is 17.9 Å². The zero-order chi connectivity index (χ0) is 15.1. The van der Waals surface area contributed by atoms with Gasteiger partial charge in [-0.15, -0.1) is 22.2 Å². The fourth-order valence-corrected chi connectivity index (χ4v) is 4.96. The van der Waals surface area contributed by atoms with Crippen molar-refractivity contribution < 1.29 is 13.2 Å². The highest BCUT2D eigenvalue weighted by Gasteiger charge is 2.35. The van der Waals surface area contributed by atoms with Crippen LogP contribution in [-0.4, -0.2) is 12.9 Å². The van der Waals surface area contributed by atoms with Crippen LogP contribution in [0.1, 0.15) is 52.9 Å². The van der Waals surface area contributed by atoms with Crippen molar-refractivity contribution in [2.75, 3.05) is 0 Å². The average molecular weight is 337 g/mol. The third-order valence-corrected chi connectivity index (χ3v) is 7.53. The molecular formula is C13H25Cl2F3Si. The molecule has 0 spiro atoms. The maximum Gasteiger partial charge on any atom is 0.388 e. The first-order valence-electron chi connectivity index (χ1n) is 6.96. The number of halogens is 5. The van der Waals surface area contributed by atoms with Crippen molar-refractivity contribution in [3.8, 4) is 0 Å². The van der Waals surface area contributed by atoms with E-state index >= 15 is 0 Å². The molecule has 0 bridgehead atoms. The Balaban J connectivity index is 3.83. The van der Waals surface area contributed by atoms with Gasteiger partial charge >= 0.3 is 6.18 Å². The summed E-state index contributed by atoms with van der Waals surface area (Å²) in [4.78, 5) is 0. The predicted octanol–water partition coefficient (Wildman–Crippen LogP) is 6.71. The fraction of sp³-hybridized carbons (Fsp3) is 1.00. The molecule has 0 N–H and O–H groups in total. The molecule has 116 valence electrons. The lowest BCUT2D eigenvalue weighted by Gasteiger charge is -2.20. The first-order valence-corrected chi connectivity index (χ1v) is 11.4. The van der Waals surface area contributed by atoms with Crippen LogP contribution in [0.25, 0.3) is 0 Å². The number of rotatable bonds is 9. The standard InChI is InChI=1S/C13H25Cl2F3Si/c1-11(2)5-4-6-12(3)7-9-19(14,15)10-8-13(16,17)18/h11-12H,4-10H2,1-3H3/t12-/m0/s1. The minimum Gasteiger partial charge on any atom is -0.171 e. The topological polar surface area (TPSA) is 0 Å². The first kappa shape index (κ1) is 19.6. The molecule has 0 heterocycles. The number of hydrogen-bond acceptors (Lipinski definition) is 0. The van der Waals surface area contributed by atoms with E-state index in [1.807, 2.05) is 0 Å². The maximum absolute atomic E-state index is 12.1. The van der Waals surface area contributed by atoms with E-state index in [-0.39, 0.29) is 6.04 Å². The van der Waals surface area contributed by atoms with Crippen molar-refractivity contribution in [1.29, 1.82) is 0 Å². The highest BCUT2D eigenvalue weighted by Crippen LogP contribution is 2.35. The van der Waals surface area contributed by atoms with E-state index < -0.39 is 19.3 Å². The van der Waals surface area contributed by atoms with Gasteiger partial charge in [0, 0.05) is 6.42 Å². The Labute approximate surface area is 125 Å². The zero-order valence-corrected chi connectivity index (χ0v) is 14.5. The monoisotopic (exact) mass is 336 g/mol. The van der Waals surface area contributed by atoms with Crippen molar-refractivity contribution in [2.45, 2.75) is 71.1 Å². The lowest BCUT2D eigenvalue weighted by Crippen LogP contribution is -2.23. The summed E-state index contributed by atoms with van der Waals surface area (Å²) in [5, 5.41) is 0. The summed E-state index contributed by atoms with van der Waals surface area (Å²) in [5.74, 6) is 1.20. The highest BCUT2D eigenvalue weighted by atomic mass is 35.7. The van der Waals surface area contributed by atoms with Crippen LogP contribution >= 0.6 is 22.2 Å². The van der Waals surface area contributed by atoms with E-state index in [0.717, 1.165) is 12.8 Å². The van der Waals surface area contributed by atoms with Crippen LogP contribution in [0.4, 0.5) is 13.2 Å². The molecule has 0 aliphatic heterocycles. The molecule has 0 aromatic carbocycles. The van der Waals surface area contributed by atoms with E-state index in [2.05, 4.69) is 20.8 Å². The molecule has 0 radical (unpaired) electrons. The molecule has 0 aromatic heterocycles. The summed E-state index contributed by atoms with van der Waals surface area (Å²) in [6, 6.07) is 0.480. The summed E-state index contributed by atoms with van der Waals surface area (Å²) in [6.07, 6.45) is -0.688. The summed E-state index contributed by atoms with van der Waals surface area (Å²) in [6.45, 7) is 3.80. The molecule has 0 aliphatic carbocycles. The molecule has 0 unspecified atom stereocenters. The normalized spacial score (nSPS) is 15.0. The van der Waals surface area contributed by atoms with Gasteiger partial charge in [-0.25, -0.2) is 0 Å². The molecule has 0 saturated heterocycles. The Morgan fingerprint density at radius 2 is 1.53 bits per heavy atom. The summed E-state index contributed by atoms with van der Waals surface area (Å²) < 4.78 is 36.4. The summed E-state index contributed by atoms with van der Waals surface area (Å²) in [7, 11) is 0. The van der Waals surface area contributed by atoms with E-state index in [4.69, 9.17) is 22.2 Å². The molecule has 0 nitrogen and oxygen atoms in total. The molecule has 0 fully saturated rings. The van der Waals surface area contributed by atoms with E-state index in [1.165, 1.54) is 12.8 Å². The smallest absolute Gasteiger partial charge is 0.171 e. The molecule has 0 amide bonds. The molecule has 1 atom stereocenters. The molecule has 0 aromatic rings. The third kappa shape index (κ3) is 13.3. The minimum atomic E-state index is -4.15. The quantitative estimate of drug-likeness (QED) is 0.324. The Hall–Kier alpha value is 0.587. The lowest BCUT2D eigenvalue weighted by molar-refractivity contribution is -0.130. The second kappa shape index (κ2) is 8.78. The van der Waals surface area contributed by atoms with Gasteiger partial charge < -0.3 is 0 Å². The van der Waals surface area contributed by atoms with Gasteiger partial charge in [0.15, 0.2) is 0 Å². The molecule has 19 heavy (non-hydrogen) atoms. The SMILES string of the molecule is CC(C)CCC[C@H](C)CC[Si](Cl)(Cl)CCC(F)(F)F. The van der Waals surface area contributed by atoms with Crippen molar-refractivity contribution in [2.24, 2.45) is 11.8 Å². The number of hydrogen-bond donors (Lipinski definition) is 0. The van der Waals surface area contributed by atoms with Crippen molar-refractivity contribution in [1.82, 2.24) is 0 Å². The van der Waals surface area contributed by atoms with E-state index in [1.54, 1.807) is 0 Å². The molecule has 0 rings (SSSR count). The van der Waals surface area contributed by atoms with Crippen LogP contribution in [0, 0.1) is 11.8 Å². The van der Waals surface area contributed by atoms with Crippen molar-refractivity contribution >= 4 is 28.9 Å². The van der Waals surface area contributed by atoms with Gasteiger partial charge in [-0.1, -0.05) is 46.5 Å². The second-order valence-corrected chi connectivity index (χ2v) is 13.6. The third-order valence-electron chi connectivity index (χ3n) is 3.26. The van der Waals surface area contributed by atoms with Gasteiger partial charge in [-0.05, 0) is 23.9 Å². The summed E-state index contributed by atoms with van der Waals surface area (Å²) in [5.41, 5.74) is 0. The van der Waals surface area contributed by atoms with Gasteiger partial charge in [-0.3, -0.25) is 0 Å². The maximum atomic E-state index is 12.1. The van der Waals surface area contributed by atoms with Crippen LogP contribution in [0.3, 0.4) is 0 Å². The van der Waals surface area contributed by atoms with Crippen LogP contribution in [-0.2, 0) is 0 Å². The largest absolute Gasteiger partial charge is 0.388 e.